The Morgan fingerprint density at radius 2 is 2.12 bits per heavy atom. The first-order valence-corrected chi connectivity index (χ1v) is 6.50. The average Bonchev–Trinajstić information content (AvgIpc) is 2.89. The van der Waals surface area contributed by atoms with Crippen molar-refractivity contribution in [3.63, 3.8) is 0 Å². The van der Waals surface area contributed by atoms with Crippen molar-refractivity contribution in [3.05, 3.63) is 0 Å². The van der Waals surface area contributed by atoms with Crippen LogP contribution in [0.4, 0.5) is 0 Å². The van der Waals surface area contributed by atoms with Crippen molar-refractivity contribution in [3.8, 4) is 0 Å². The third-order valence-electron chi connectivity index (χ3n) is 3.46. The molecule has 2 aliphatic heterocycles. The molecular weight excluding hydrogens is 220 g/mol. The van der Waals surface area contributed by atoms with Gasteiger partial charge in [-0.1, -0.05) is 0 Å². The van der Waals surface area contributed by atoms with Crippen LogP contribution < -0.4 is 5.73 Å². The lowest BCUT2D eigenvalue weighted by Gasteiger charge is -2.32. The van der Waals surface area contributed by atoms with Crippen LogP contribution in [0.3, 0.4) is 0 Å². The van der Waals surface area contributed by atoms with Gasteiger partial charge in [-0.15, -0.1) is 0 Å². The lowest BCUT2D eigenvalue weighted by molar-refractivity contribution is -0.139. The smallest absolute Gasteiger partial charge is 0.222 e. The van der Waals surface area contributed by atoms with E-state index in [-0.39, 0.29) is 12.0 Å². The number of carbonyl (C=O) groups is 1. The molecule has 2 atom stereocenters. The van der Waals surface area contributed by atoms with Crippen LogP contribution in [0.1, 0.15) is 25.7 Å². The Hall–Kier alpha value is -0.650. The molecule has 1 amide bonds. The van der Waals surface area contributed by atoms with Crippen LogP contribution >= 0.6 is 0 Å². The third-order valence-corrected chi connectivity index (χ3v) is 3.46. The van der Waals surface area contributed by atoms with Gasteiger partial charge in [-0.2, -0.15) is 0 Å². The number of ether oxygens (including phenoxy) is 2. The first-order valence-electron chi connectivity index (χ1n) is 6.50. The van der Waals surface area contributed by atoms with Crippen LogP contribution in [-0.4, -0.2) is 55.9 Å². The van der Waals surface area contributed by atoms with E-state index in [9.17, 15) is 4.79 Å². The summed E-state index contributed by atoms with van der Waals surface area (Å²) in [6.45, 7) is 3.27. The normalized spacial score (nSPS) is 29.6. The quantitative estimate of drug-likeness (QED) is 0.761. The largest absolute Gasteiger partial charge is 0.378 e. The molecule has 2 rings (SSSR count). The molecular formula is C12H22N2O3. The van der Waals surface area contributed by atoms with Gasteiger partial charge in [-0.3, -0.25) is 4.79 Å². The Bertz CT molecular complexity index is 254. The van der Waals surface area contributed by atoms with Crippen LogP contribution in [0, 0.1) is 0 Å². The summed E-state index contributed by atoms with van der Waals surface area (Å²) < 4.78 is 11.0. The minimum atomic E-state index is 0.00966. The van der Waals surface area contributed by atoms with E-state index < -0.39 is 0 Å². The maximum absolute atomic E-state index is 12.0. The first-order chi connectivity index (χ1) is 8.29. The topological polar surface area (TPSA) is 64.8 Å². The fourth-order valence-electron chi connectivity index (χ4n) is 2.40. The average molecular weight is 242 g/mol. The van der Waals surface area contributed by atoms with Gasteiger partial charge in [-0.05, 0) is 19.3 Å². The monoisotopic (exact) mass is 242 g/mol. The van der Waals surface area contributed by atoms with E-state index in [2.05, 4.69) is 0 Å². The third kappa shape index (κ3) is 3.66. The van der Waals surface area contributed by atoms with Gasteiger partial charge in [0.25, 0.3) is 0 Å². The molecule has 17 heavy (non-hydrogen) atoms. The number of nitrogens with zero attached hydrogens (tertiary/aromatic N) is 1. The minimum absolute atomic E-state index is 0.00966. The summed E-state index contributed by atoms with van der Waals surface area (Å²) in [7, 11) is 0. The number of morpholine rings is 1. The standard InChI is InChI=1S/C12H22N2O3/c13-8-11-9-14(5-7-17-11)12(15)4-3-10-2-1-6-16-10/h10-11H,1-9,13H2/t10-,11+/m0/s1. The second-order valence-corrected chi connectivity index (χ2v) is 4.74. The maximum Gasteiger partial charge on any atom is 0.222 e. The van der Waals surface area contributed by atoms with E-state index in [1.54, 1.807) is 0 Å². The molecule has 0 spiro atoms. The fourth-order valence-corrected chi connectivity index (χ4v) is 2.40. The van der Waals surface area contributed by atoms with E-state index in [0.29, 0.717) is 38.8 Å². The summed E-state index contributed by atoms with van der Waals surface area (Å²) in [5.41, 5.74) is 5.56. The van der Waals surface area contributed by atoms with Crippen molar-refractivity contribution in [2.45, 2.75) is 37.9 Å². The van der Waals surface area contributed by atoms with Crippen molar-refractivity contribution in [1.82, 2.24) is 4.90 Å². The second kappa shape index (κ2) is 6.33. The molecule has 5 heteroatoms. The zero-order chi connectivity index (χ0) is 12.1. The second-order valence-electron chi connectivity index (χ2n) is 4.74. The Morgan fingerprint density at radius 1 is 1.29 bits per heavy atom. The molecule has 0 saturated carbocycles. The fraction of sp³-hybridized carbons (Fsp3) is 0.917. The summed E-state index contributed by atoms with van der Waals surface area (Å²) in [4.78, 5) is 13.9. The van der Waals surface area contributed by atoms with Crippen molar-refractivity contribution in [1.29, 1.82) is 0 Å². The van der Waals surface area contributed by atoms with Crippen LogP contribution in [0.25, 0.3) is 0 Å². The number of rotatable bonds is 4. The van der Waals surface area contributed by atoms with E-state index in [0.717, 1.165) is 25.9 Å². The van der Waals surface area contributed by atoms with Gasteiger partial charge in [0.05, 0.1) is 18.8 Å². The Kier molecular flexibility index (Phi) is 4.76. The highest BCUT2D eigenvalue weighted by Gasteiger charge is 2.24. The lowest BCUT2D eigenvalue weighted by Crippen LogP contribution is -2.48. The van der Waals surface area contributed by atoms with Gasteiger partial charge in [0.2, 0.25) is 5.91 Å². The van der Waals surface area contributed by atoms with Crippen molar-refractivity contribution < 1.29 is 14.3 Å². The molecule has 2 fully saturated rings. The predicted octanol–water partition coefficient (Wildman–Crippen LogP) is 0.132. The van der Waals surface area contributed by atoms with Gasteiger partial charge in [0, 0.05) is 32.7 Å². The molecule has 5 nitrogen and oxygen atoms in total. The van der Waals surface area contributed by atoms with Gasteiger partial charge in [-0.25, -0.2) is 0 Å². The Morgan fingerprint density at radius 3 is 2.82 bits per heavy atom. The molecule has 0 unspecified atom stereocenters. The van der Waals surface area contributed by atoms with Crippen LogP contribution in [0.5, 0.6) is 0 Å². The molecule has 0 aromatic carbocycles. The van der Waals surface area contributed by atoms with E-state index >= 15 is 0 Å². The Balaban J connectivity index is 1.71. The zero-order valence-electron chi connectivity index (χ0n) is 10.3. The molecule has 2 aliphatic rings. The van der Waals surface area contributed by atoms with Crippen LogP contribution in [0.2, 0.25) is 0 Å². The zero-order valence-corrected chi connectivity index (χ0v) is 10.3. The summed E-state index contributed by atoms with van der Waals surface area (Å²) in [5, 5.41) is 0. The molecule has 0 aliphatic carbocycles. The van der Waals surface area contributed by atoms with Gasteiger partial charge < -0.3 is 20.1 Å². The Labute approximate surface area is 102 Å². The number of hydrogen-bond donors (Lipinski definition) is 1. The molecule has 0 bridgehead atoms. The van der Waals surface area contributed by atoms with Gasteiger partial charge in [0.1, 0.15) is 0 Å². The minimum Gasteiger partial charge on any atom is -0.378 e. The molecule has 2 heterocycles. The predicted molar refractivity (Wildman–Crippen MR) is 63.6 cm³/mol. The number of amides is 1. The van der Waals surface area contributed by atoms with Crippen LogP contribution in [-0.2, 0) is 14.3 Å². The van der Waals surface area contributed by atoms with Gasteiger partial charge >= 0.3 is 0 Å². The van der Waals surface area contributed by atoms with E-state index in [1.807, 2.05) is 4.90 Å². The molecule has 0 aromatic rings. The first kappa shape index (κ1) is 12.8. The van der Waals surface area contributed by atoms with Gasteiger partial charge in [0.15, 0.2) is 0 Å². The lowest BCUT2D eigenvalue weighted by atomic mass is 10.1. The van der Waals surface area contributed by atoms with Crippen LogP contribution in [0.15, 0.2) is 0 Å². The highest BCUT2D eigenvalue weighted by molar-refractivity contribution is 5.76. The van der Waals surface area contributed by atoms with E-state index in [4.69, 9.17) is 15.2 Å². The van der Waals surface area contributed by atoms with Crippen molar-refractivity contribution in [2.24, 2.45) is 5.73 Å². The molecule has 98 valence electrons. The number of nitrogens with two attached hydrogens (primary N) is 1. The highest BCUT2D eigenvalue weighted by atomic mass is 16.5. The SMILES string of the molecule is NC[C@@H]1CN(C(=O)CC[C@@H]2CCCO2)CCO1. The molecule has 0 aromatic heterocycles. The number of carbonyl (C=O) groups excluding carboxylic acids is 1. The summed E-state index contributed by atoms with van der Waals surface area (Å²) in [6, 6.07) is 0. The summed E-state index contributed by atoms with van der Waals surface area (Å²) in [6.07, 6.45) is 3.97. The molecule has 0 radical (unpaired) electrons. The number of hydrogen-bond acceptors (Lipinski definition) is 4. The summed E-state index contributed by atoms with van der Waals surface area (Å²) >= 11 is 0. The summed E-state index contributed by atoms with van der Waals surface area (Å²) in [5.74, 6) is 0.210. The van der Waals surface area contributed by atoms with Crippen molar-refractivity contribution >= 4 is 5.91 Å². The molecule has 2 saturated heterocycles. The maximum atomic E-state index is 12.0. The highest BCUT2D eigenvalue weighted by Crippen LogP contribution is 2.17. The molecule has 2 N–H and O–H groups in total. The van der Waals surface area contributed by atoms with Crippen molar-refractivity contribution in [2.75, 3.05) is 32.8 Å². The van der Waals surface area contributed by atoms with E-state index in [1.165, 1.54) is 0 Å².